The van der Waals surface area contributed by atoms with Crippen LogP contribution in [0.25, 0.3) is 0 Å². The first kappa shape index (κ1) is 16.2. The first-order valence-electron chi connectivity index (χ1n) is 6.62. The summed E-state index contributed by atoms with van der Waals surface area (Å²) in [4.78, 5) is 12.1. The normalized spacial score (nSPS) is 11.4. The molecule has 0 atom stereocenters. The van der Waals surface area contributed by atoms with Crippen LogP contribution in [0.2, 0.25) is 0 Å². The monoisotopic (exact) mass is 327 g/mol. The fourth-order valence-electron chi connectivity index (χ4n) is 2.02. The molecule has 1 aromatic rings. The second kappa shape index (κ2) is 7.06. The van der Waals surface area contributed by atoms with Crippen LogP contribution in [-0.4, -0.2) is 24.2 Å². The summed E-state index contributed by atoms with van der Waals surface area (Å²) in [7, 11) is 0. The molecular formula is C15H22BrNO2. The number of halogens is 1. The highest BCUT2D eigenvalue weighted by Crippen LogP contribution is 2.24. The van der Waals surface area contributed by atoms with Crippen LogP contribution in [0.4, 0.5) is 0 Å². The maximum absolute atomic E-state index is 12.1. The number of hydrogen-bond acceptors (Lipinski definition) is 2. The van der Waals surface area contributed by atoms with E-state index in [2.05, 4.69) is 21.2 Å². The van der Waals surface area contributed by atoms with Gasteiger partial charge in [-0.2, -0.15) is 0 Å². The Balaban J connectivity index is 2.74. The maximum Gasteiger partial charge on any atom is 0.251 e. The van der Waals surface area contributed by atoms with E-state index in [0.717, 1.165) is 22.9 Å². The Morgan fingerprint density at radius 1 is 1.32 bits per heavy atom. The summed E-state index contributed by atoms with van der Waals surface area (Å²) in [5.74, 6) is -0.0934. The van der Waals surface area contributed by atoms with Gasteiger partial charge in [-0.05, 0) is 43.5 Å². The molecule has 0 aliphatic rings. The molecule has 0 radical (unpaired) electrons. The van der Waals surface area contributed by atoms with E-state index in [1.165, 1.54) is 0 Å². The molecule has 1 aromatic carbocycles. The van der Waals surface area contributed by atoms with Crippen LogP contribution in [-0.2, 0) is 0 Å². The SMILES string of the molecule is CCC(CC)(CO)CNC(=O)c1cc(C)cc(Br)c1. The third kappa shape index (κ3) is 4.32. The minimum absolute atomic E-state index is 0.0934. The lowest BCUT2D eigenvalue weighted by molar-refractivity contribution is 0.0851. The standard InChI is InChI=1S/C15H22BrNO2/c1-4-15(5-2,10-18)9-17-14(19)12-6-11(3)7-13(16)8-12/h6-8,18H,4-5,9-10H2,1-3H3,(H,17,19). The van der Waals surface area contributed by atoms with Gasteiger partial charge in [0.05, 0.1) is 6.61 Å². The van der Waals surface area contributed by atoms with Gasteiger partial charge in [-0.1, -0.05) is 29.8 Å². The number of rotatable bonds is 6. The number of amides is 1. The molecular weight excluding hydrogens is 306 g/mol. The van der Waals surface area contributed by atoms with E-state index in [9.17, 15) is 9.90 Å². The van der Waals surface area contributed by atoms with Gasteiger partial charge in [-0.3, -0.25) is 4.79 Å². The number of nitrogens with one attached hydrogen (secondary N) is 1. The lowest BCUT2D eigenvalue weighted by Gasteiger charge is -2.29. The van der Waals surface area contributed by atoms with Crippen molar-refractivity contribution in [2.45, 2.75) is 33.6 Å². The molecule has 1 rings (SSSR count). The van der Waals surface area contributed by atoms with Gasteiger partial charge >= 0.3 is 0 Å². The van der Waals surface area contributed by atoms with Gasteiger partial charge in [-0.25, -0.2) is 0 Å². The Kier molecular flexibility index (Phi) is 6.01. The molecule has 0 heterocycles. The smallest absolute Gasteiger partial charge is 0.251 e. The van der Waals surface area contributed by atoms with E-state index < -0.39 is 0 Å². The largest absolute Gasteiger partial charge is 0.396 e. The van der Waals surface area contributed by atoms with Gasteiger partial charge in [0.15, 0.2) is 0 Å². The Morgan fingerprint density at radius 2 is 1.95 bits per heavy atom. The molecule has 1 amide bonds. The van der Waals surface area contributed by atoms with Gasteiger partial charge in [0.1, 0.15) is 0 Å². The molecule has 0 aliphatic heterocycles. The summed E-state index contributed by atoms with van der Waals surface area (Å²) >= 11 is 3.39. The van der Waals surface area contributed by atoms with Crippen molar-refractivity contribution in [3.05, 3.63) is 33.8 Å². The Bertz CT molecular complexity index is 413. The number of benzene rings is 1. The van der Waals surface area contributed by atoms with Gasteiger partial charge in [-0.15, -0.1) is 0 Å². The molecule has 0 aromatic heterocycles. The summed E-state index contributed by atoms with van der Waals surface area (Å²) in [6, 6.07) is 5.63. The molecule has 0 bridgehead atoms. The highest BCUT2D eigenvalue weighted by Gasteiger charge is 2.25. The van der Waals surface area contributed by atoms with Crippen molar-refractivity contribution in [2.24, 2.45) is 5.41 Å². The van der Waals surface area contributed by atoms with Crippen LogP contribution < -0.4 is 5.32 Å². The number of aliphatic hydroxyl groups is 1. The fraction of sp³-hybridized carbons (Fsp3) is 0.533. The number of aryl methyl sites for hydroxylation is 1. The highest BCUT2D eigenvalue weighted by molar-refractivity contribution is 9.10. The molecule has 0 unspecified atom stereocenters. The van der Waals surface area contributed by atoms with Crippen LogP contribution in [0.1, 0.15) is 42.6 Å². The number of aliphatic hydroxyl groups excluding tert-OH is 1. The van der Waals surface area contributed by atoms with Gasteiger partial charge in [0.2, 0.25) is 0 Å². The maximum atomic E-state index is 12.1. The van der Waals surface area contributed by atoms with Crippen molar-refractivity contribution < 1.29 is 9.90 Å². The molecule has 19 heavy (non-hydrogen) atoms. The second-order valence-electron chi connectivity index (χ2n) is 5.07. The lowest BCUT2D eigenvalue weighted by atomic mass is 9.83. The summed E-state index contributed by atoms with van der Waals surface area (Å²) in [6.45, 7) is 6.63. The van der Waals surface area contributed by atoms with Gasteiger partial charge < -0.3 is 10.4 Å². The van der Waals surface area contributed by atoms with Crippen LogP contribution in [0, 0.1) is 12.3 Å². The predicted molar refractivity (Wildman–Crippen MR) is 81.3 cm³/mol. The van der Waals surface area contributed by atoms with Crippen molar-refractivity contribution in [1.29, 1.82) is 0 Å². The molecule has 2 N–H and O–H groups in total. The molecule has 0 saturated heterocycles. The van der Waals surface area contributed by atoms with E-state index in [1.807, 2.05) is 32.9 Å². The van der Waals surface area contributed by atoms with Crippen molar-refractivity contribution in [3.8, 4) is 0 Å². The summed E-state index contributed by atoms with van der Waals surface area (Å²) in [6.07, 6.45) is 1.69. The zero-order chi connectivity index (χ0) is 14.5. The fourth-order valence-corrected chi connectivity index (χ4v) is 2.62. The van der Waals surface area contributed by atoms with Crippen molar-refractivity contribution in [3.63, 3.8) is 0 Å². The van der Waals surface area contributed by atoms with Gasteiger partial charge in [0, 0.05) is 22.0 Å². The zero-order valence-corrected chi connectivity index (χ0v) is 13.4. The van der Waals surface area contributed by atoms with Crippen LogP contribution >= 0.6 is 15.9 Å². The number of carbonyl (C=O) groups excluding carboxylic acids is 1. The van der Waals surface area contributed by atoms with Crippen molar-refractivity contribution in [1.82, 2.24) is 5.32 Å². The van der Waals surface area contributed by atoms with E-state index in [1.54, 1.807) is 6.07 Å². The van der Waals surface area contributed by atoms with E-state index in [-0.39, 0.29) is 17.9 Å². The van der Waals surface area contributed by atoms with Crippen LogP contribution in [0.3, 0.4) is 0 Å². The van der Waals surface area contributed by atoms with Crippen LogP contribution in [0.15, 0.2) is 22.7 Å². The number of hydrogen-bond donors (Lipinski definition) is 2. The molecule has 3 nitrogen and oxygen atoms in total. The van der Waals surface area contributed by atoms with Crippen molar-refractivity contribution >= 4 is 21.8 Å². The third-order valence-electron chi connectivity index (χ3n) is 3.76. The Hall–Kier alpha value is -0.870. The summed E-state index contributed by atoms with van der Waals surface area (Å²) < 4.78 is 0.900. The molecule has 4 heteroatoms. The van der Waals surface area contributed by atoms with E-state index >= 15 is 0 Å². The molecule has 0 spiro atoms. The van der Waals surface area contributed by atoms with Gasteiger partial charge in [0.25, 0.3) is 5.91 Å². The zero-order valence-electron chi connectivity index (χ0n) is 11.8. The Morgan fingerprint density at radius 3 is 2.42 bits per heavy atom. The first-order chi connectivity index (χ1) is 8.96. The topological polar surface area (TPSA) is 49.3 Å². The second-order valence-corrected chi connectivity index (χ2v) is 5.98. The Labute approximate surface area is 123 Å². The van der Waals surface area contributed by atoms with E-state index in [0.29, 0.717) is 12.1 Å². The average Bonchev–Trinajstić information content (AvgIpc) is 2.39. The van der Waals surface area contributed by atoms with Crippen LogP contribution in [0.5, 0.6) is 0 Å². The number of carbonyl (C=O) groups is 1. The molecule has 0 aliphatic carbocycles. The summed E-state index contributed by atoms with van der Waals surface area (Å²) in [5.41, 5.74) is 1.47. The molecule has 106 valence electrons. The molecule has 0 saturated carbocycles. The molecule has 0 fully saturated rings. The minimum Gasteiger partial charge on any atom is -0.396 e. The predicted octanol–water partition coefficient (Wildman–Crippen LogP) is 3.29. The third-order valence-corrected chi connectivity index (χ3v) is 4.22. The lowest BCUT2D eigenvalue weighted by Crippen LogP contribution is -2.39. The van der Waals surface area contributed by atoms with E-state index in [4.69, 9.17) is 0 Å². The first-order valence-corrected chi connectivity index (χ1v) is 7.42. The average molecular weight is 328 g/mol. The quantitative estimate of drug-likeness (QED) is 0.842. The summed E-state index contributed by atoms with van der Waals surface area (Å²) in [5, 5.41) is 12.4. The minimum atomic E-state index is -0.212. The highest BCUT2D eigenvalue weighted by atomic mass is 79.9. The van der Waals surface area contributed by atoms with Crippen molar-refractivity contribution in [2.75, 3.05) is 13.2 Å².